The molecule has 1 aromatic rings. The molecular weight excluding hydrogens is 433 g/mol. The predicted molar refractivity (Wildman–Crippen MR) is 109 cm³/mol. The van der Waals surface area contributed by atoms with Crippen molar-refractivity contribution < 1.29 is 13.9 Å². The summed E-state index contributed by atoms with van der Waals surface area (Å²) >= 11 is 0. The summed E-state index contributed by atoms with van der Waals surface area (Å²) in [6.07, 6.45) is 6.21. The molecule has 1 aliphatic carbocycles. The first-order chi connectivity index (χ1) is 11.8. The maximum atomic E-state index is 5.44. The van der Waals surface area contributed by atoms with Crippen LogP contribution in [0.4, 0.5) is 0 Å². The molecule has 0 aromatic carbocycles. The fraction of sp³-hybridized carbons (Fsp3) is 0.722. The highest BCUT2D eigenvalue weighted by atomic mass is 127. The molecule has 0 spiro atoms. The van der Waals surface area contributed by atoms with E-state index in [2.05, 4.69) is 10.6 Å². The Balaban J connectivity index is 0.00000225. The van der Waals surface area contributed by atoms with Gasteiger partial charge in [-0.05, 0) is 37.3 Å². The van der Waals surface area contributed by atoms with Crippen LogP contribution in [0.2, 0.25) is 0 Å². The van der Waals surface area contributed by atoms with Crippen molar-refractivity contribution in [3.8, 4) is 0 Å². The zero-order valence-electron chi connectivity index (χ0n) is 14.9. The lowest BCUT2D eigenvalue weighted by atomic mass is 10.1. The van der Waals surface area contributed by atoms with Crippen LogP contribution < -0.4 is 10.6 Å². The number of furan rings is 1. The molecule has 0 radical (unpaired) electrons. The van der Waals surface area contributed by atoms with Crippen LogP contribution in [0.5, 0.6) is 0 Å². The normalized spacial score (nSPS) is 21.6. The molecule has 6 nitrogen and oxygen atoms in total. The average Bonchev–Trinajstić information content (AvgIpc) is 3.07. The third-order valence-electron chi connectivity index (χ3n) is 4.63. The lowest BCUT2D eigenvalue weighted by molar-refractivity contribution is 0.165. The van der Waals surface area contributed by atoms with Crippen LogP contribution in [0.15, 0.2) is 27.8 Å². The van der Waals surface area contributed by atoms with Crippen molar-refractivity contribution >= 4 is 29.9 Å². The van der Waals surface area contributed by atoms with Crippen LogP contribution in [0.3, 0.4) is 0 Å². The molecule has 142 valence electrons. The summed E-state index contributed by atoms with van der Waals surface area (Å²) in [5.41, 5.74) is 0. The van der Waals surface area contributed by atoms with Crippen LogP contribution in [-0.4, -0.2) is 52.0 Å². The first-order valence-electron chi connectivity index (χ1n) is 8.99. The molecule has 25 heavy (non-hydrogen) atoms. The zero-order chi connectivity index (χ0) is 16.6. The molecule has 1 aromatic heterocycles. The number of rotatable bonds is 9. The van der Waals surface area contributed by atoms with Crippen molar-refractivity contribution in [2.75, 3.05) is 40.0 Å². The van der Waals surface area contributed by atoms with E-state index in [9.17, 15) is 0 Å². The first kappa shape index (κ1) is 20.5. The van der Waals surface area contributed by atoms with Gasteiger partial charge in [0, 0.05) is 39.1 Å². The van der Waals surface area contributed by atoms with E-state index >= 15 is 0 Å². The number of methoxy groups -OCH3 is 1. The Morgan fingerprint density at radius 3 is 2.92 bits per heavy atom. The lowest BCUT2D eigenvalue weighted by Crippen LogP contribution is -2.47. The minimum atomic E-state index is 0. The number of halogens is 1. The van der Waals surface area contributed by atoms with Gasteiger partial charge in [-0.3, -0.25) is 4.99 Å². The molecule has 2 fully saturated rings. The molecule has 0 amide bonds. The molecule has 7 heteroatoms. The van der Waals surface area contributed by atoms with Crippen molar-refractivity contribution in [3.05, 3.63) is 24.2 Å². The molecule has 2 N–H and O–H groups in total. The second kappa shape index (κ2) is 11.0. The topological polar surface area (TPSA) is 68.0 Å². The molecule has 2 heterocycles. The van der Waals surface area contributed by atoms with Crippen LogP contribution in [0, 0.1) is 11.8 Å². The average molecular weight is 463 g/mol. The van der Waals surface area contributed by atoms with Gasteiger partial charge in [0.25, 0.3) is 0 Å². The minimum Gasteiger partial charge on any atom is -0.469 e. The van der Waals surface area contributed by atoms with Gasteiger partial charge in [-0.15, -0.1) is 24.0 Å². The maximum absolute atomic E-state index is 5.44. The van der Waals surface area contributed by atoms with E-state index in [1.165, 1.54) is 12.8 Å². The summed E-state index contributed by atoms with van der Waals surface area (Å²) in [7, 11) is 1.76. The SMILES string of the molecule is COCC(NC(=NCC1CCOC1)NCCc1ccco1)C1CC1.I. The third kappa shape index (κ3) is 7.15. The van der Waals surface area contributed by atoms with Gasteiger partial charge in [0.15, 0.2) is 5.96 Å². The van der Waals surface area contributed by atoms with Crippen LogP contribution in [0.1, 0.15) is 25.0 Å². The van der Waals surface area contributed by atoms with Gasteiger partial charge in [0.2, 0.25) is 0 Å². The fourth-order valence-corrected chi connectivity index (χ4v) is 3.01. The number of ether oxygens (including phenoxy) is 2. The number of guanidine groups is 1. The van der Waals surface area contributed by atoms with Gasteiger partial charge in [-0.1, -0.05) is 0 Å². The number of hydrogen-bond acceptors (Lipinski definition) is 4. The molecular formula is C18H30IN3O3. The molecule has 1 saturated carbocycles. The van der Waals surface area contributed by atoms with Gasteiger partial charge in [-0.25, -0.2) is 0 Å². The predicted octanol–water partition coefficient (Wildman–Crippen LogP) is 2.44. The van der Waals surface area contributed by atoms with E-state index < -0.39 is 0 Å². The molecule has 1 saturated heterocycles. The first-order valence-corrected chi connectivity index (χ1v) is 8.99. The second-order valence-corrected chi connectivity index (χ2v) is 6.72. The molecule has 0 bridgehead atoms. The van der Waals surface area contributed by atoms with Gasteiger partial charge >= 0.3 is 0 Å². The number of nitrogens with one attached hydrogen (secondary N) is 2. The standard InChI is InChI=1S/C18H29N3O3.HI/c1-22-13-17(15-4-5-15)21-18(20-11-14-7-10-23-12-14)19-8-6-16-3-2-9-24-16;/h2-3,9,14-15,17H,4-8,10-13H2,1H3,(H2,19,20,21);1H. The highest BCUT2D eigenvalue weighted by molar-refractivity contribution is 14.0. The van der Waals surface area contributed by atoms with Gasteiger partial charge in [0.1, 0.15) is 5.76 Å². The molecule has 2 atom stereocenters. The summed E-state index contributed by atoms with van der Waals surface area (Å²) < 4.78 is 16.2. The number of aliphatic imine (C=N–C) groups is 1. The van der Waals surface area contributed by atoms with Crippen molar-refractivity contribution in [2.24, 2.45) is 16.8 Å². The molecule has 1 aliphatic heterocycles. The number of nitrogens with zero attached hydrogens (tertiary/aromatic N) is 1. The molecule has 2 aliphatic rings. The van der Waals surface area contributed by atoms with Gasteiger partial charge in [0.05, 0.1) is 25.5 Å². The highest BCUT2D eigenvalue weighted by Gasteiger charge is 2.31. The Labute approximate surface area is 167 Å². The van der Waals surface area contributed by atoms with Crippen LogP contribution in [-0.2, 0) is 15.9 Å². The fourth-order valence-electron chi connectivity index (χ4n) is 3.01. The Hall–Kier alpha value is -0.800. The summed E-state index contributed by atoms with van der Waals surface area (Å²) in [6.45, 7) is 4.01. The Kier molecular flexibility index (Phi) is 9.05. The van der Waals surface area contributed by atoms with Crippen molar-refractivity contribution in [2.45, 2.75) is 31.7 Å². The Bertz CT molecular complexity index is 500. The summed E-state index contributed by atoms with van der Waals surface area (Å²) in [6, 6.07) is 4.26. The van der Waals surface area contributed by atoms with Crippen molar-refractivity contribution in [1.29, 1.82) is 0 Å². The van der Waals surface area contributed by atoms with Gasteiger partial charge in [-0.2, -0.15) is 0 Å². The van der Waals surface area contributed by atoms with E-state index in [4.69, 9.17) is 18.9 Å². The smallest absolute Gasteiger partial charge is 0.191 e. The van der Waals surface area contributed by atoms with E-state index in [-0.39, 0.29) is 24.0 Å². The molecule has 3 rings (SSSR count). The number of hydrogen-bond donors (Lipinski definition) is 2. The quantitative estimate of drug-likeness (QED) is 0.335. The highest BCUT2D eigenvalue weighted by Crippen LogP contribution is 2.32. The lowest BCUT2D eigenvalue weighted by Gasteiger charge is -2.21. The van der Waals surface area contributed by atoms with E-state index in [0.717, 1.165) is 57.5 Å². The monoisotopic (exact) mass is 463 g/mol. The summed E-state index contributed by atoms with van der Waals surface area (Å²) in [5.74, 6) is 3.11. The minimum absolute atomic E-state index is 0. The largest absolute Gasteiger partial charge is 0.469 e. The molecule has 2 unspecified atom stereocenters. The Morgan fingerprint density at radius 2 is 2.28 bits per heavy atom. The van der Waals surface area contributed by atoms with Crippen molar-refractivity contribution in [1.82, 2.24) is 10.6 Å². The second-order valence-electron chi connectivity index (χ2n) is 6.72. The van der Waals surface area contributed by atoms with E-state index in [1.54, 1.807) is 13.4 Å². The zero-order valence-corrected chi connectivity index (χ0v) is 17.2. The van der Waals surface area contributed by atoms with Crippen LogP contribution >= 0.6 is 24.0 Å². The van der Waals surface area contributed by atoms with E-state index in [1.807, 2.05) is 12.1 Å². The van der Waals surface area contributed by atoms with Crippen molar-refractivity contribution in [3.63, 3.8) is 0 Å². The maximum Gasteiger partial charge on any atom is 0.191 e. The third-order valence-corrected chi connectivity index (χ3v) is 4.63. The Morgan fingerprint density at radius 1 is 1.40 bits per heavy atom. The van der Waals surface area contributed by atoms with Crippen LogP contribution in [0.25, 0.3) is 0 Å². The van der Waals surface area contributed by atoms with Gasteiger partial charge < -0.3 is 24.5 Å². The van der Waals surface area contributed by atoms with E-state index in [0.29, 0.717) is 17.9 Å². The summed E-state index contributed by atoms with van der Waals surface area (Å²) in [4.78, 5) is 4.79. The summed E-state index contributed by atoms with van der Waals surface area (Å²) in [5, 5.41) is 7.00.